The van der Waals surface area contributed by atoms with E-state index in [0.717, 1.165) is 55.7 Å². The van der Waals surface area contributed by atoms with E-state index in [9.17, 15) is 13.2 Å². The second kappa shape index (κ2) is 8.88. The van der Waals surface area contributed by atoms with Crippen molar-refractivity contribution < 1.29 is 17.9 Å². The Hall–Kier alpha value is -2.91. The number of pyridine rings is 1. The molecule has 2 aromatic heterocycles. The normalized spacial score (nSPS) is 20.3. The van der Waals surface area contributed by atoms with Crippen LogP contribution < -0.4 is 9.62 Å². The van der Waals surface area contributed by atoms with Crippen LogP contribution in [0.2, 0.25) is 0 Å². The molecule has 190 valence electrons. The zero-order chi connectivity index (χ0) is 24.9. The summed E-state index contributed by atoms with van der Waals surface area (Å²) in [6, 6.07) is 8.89. The van der Waals surface area contributed by atoms with Crippen molar-refractivity contribution in [1.29, 1.82) is 0 Å². The minimum atomic E-state index is -4.05. The highest BCUT2D eigenvalue weighted by Gasteiger charge is 2.54. The summed E-state index contributed by atoms with van der Waals surface area (Å²) in [5, 5.41) is 0.568. The zero-order valence-electron chi connectivity index (χ0n) is 20.5. The molecule has 1 aliphatic heterocycles. The van der Waals surface area contributed by atoms with E-state index in [1.54, 1.807) is 25.4 Å². The van der Waals surface area contributed by atoms with Gasteiger partial charge in [0, 0.05) is 49.1 Å². The van der Waals surface area contributed by atoms with Crippen LogP contribution in [0.15, 0.2) is 47.6 Å². The number of H-pyrrole nitrogens is 1. The van der Waals surface area contributed by atoms with E-state index in [2.05, 4.69) is 20.7 Å². The van der Waals surface area contributed by atoms with Crippen LogP contribution in [0.25, 0.3) is 10.9 Å². The molecule has 0 spiro atoms. The van der Waals surface area contributed by atoms with Crippen molar-refractivity contribution in [1.82, 2.24) is 14.7 Å². The lowest BCUT2D eigenvalue weighted by Crippen LogP contribution is -2.42. The molecule has 3 fully saturated rings. The topological polar surface area (TPSA) is 104 Å². The highest BCUT2D eigenvalue weighted by Crippen LogP contribution is 2.52. The van der Waals surface area contributed by atoms with Crippen molar-refractivity contribution in [2.24, 2.45) is 0 Å². The fraction of sp³-hybridized carbons (Fsp3) is 0.481. The van der Waals surface area contributed by atoms with Gasteiger partial charge in [-0.25, -0.2) is 18.1 Å². The summed E-state index contributed by atoms with van der Waals surface area (Å²) < 4.78 is 34.7. The van der Waals surface area contributed by atoms with Crippen LogP contribution >= 0.6 is 0 Å². The van der Waals surface area contributed by atoms with Crippen molar-refractivity contribution in [2.75, 3.05) is 25.1 Å². The number of methoxy groups -OCH3 is 1. The van der Waals surface area contributed by atoms with E-state index in [-0.39, 0.29) is 11.0 Å². The van der Waals surface area contributed by atoms with Gasteiger partial charge in [0.25, 0.3) is 10.0 Å². The first kappa shape index (κ1) is 23.5. The molecular weight excluding hydrogens is 476 g/mol. The number of rotatable bonds is 7. The van der Waals surface area contributed by atoms with Crippen molar-refractivity contribution >= 4 is 32.7 Å². The summed E-state index contributed by atoms with van der Waals surface area (Å²) in [4.78, 5) is 24.0. The van der Waals surface area contributed by atoms with Crippen LogP contribution in [0.3, 0.4) is 0 Å². The van der Waals surface area contributed by atoms with Gasteiger partial charge in [-0.2, -0.15) is 0 Å². The molecule has 8 nitrogen and oxygen atoms in total. The van der Waals surface area contributed by atoms with Gasteiger partial charge < -0.3 is 14.6 Å². The van der Waals surface area contributed by atoms with Crippen molar-refractivity contribution in [3.8, 4) is 0 Å². The van der Waals surface area contributed by atoms with Gasteiger partial charge in [-0.3, -0.25) is 4.79 Å². The molecule has 36 heavy (non-hydrogen) atoms. The minimum Gasteiger partial charge on any atom is -0.381 e. The monoisotopic (exact) mass is 508 g/mol. The lowest BCUT2D eigenvalue weighted by atomic mass is 9.79. The van der Waals surface area contributed by atoms with Gasteiger partial charge in [0.1, 0.15) is 5.82 Å². The third-order valence-corrected chi connectivity index (χ3v) is 9.70. The second-order valence-corrected chi connectivity index (χ2v) is 12.1. The van der Waals surface area contributed by atoms with E-state index in [1.807, 2.05) is 12.3 Å². The predicted octanol–water partition coefficient (Wildman–Crippen LogP) is 3.98. The summed E-state index contributed by atoms with van der Waals surface area (Å²) >= 11 is 0. The molecule has 1 saturated heterocycles. The molecule has 2 N–H and O–H groups in total. The maximum absolute atomic E-state index is 13.7. The number of sulfonamides is 1. The molecule has 1 aromatic carbocycles. The molecule has 3 aliphatic rings. The van der Waals surface area contributed by atoms with Gasteiger partial charge in [-0.15, -0.1) is 0 Å². The number of nitrogens with one attached hydrogen (secondary N) is 2. The highest BCUT2D eigenvalue weighted by molar-refractivity contribution is 7.90. The highest BCUT2D eigenvalue weighted by atomic mass is 32.2. The van der Waals surface area contributed by atoms with Crippen molar-refractivity contribution in [2.45, 2.75) is 67.3 Å². The Morgan fingerprint density at radius 3 is 2.61 bits per heavy atom. The van der Waals surface area contributed by atoms with Crippen LogP contribution in [0, 0.1) is 0 Å². The van der Waals surface area contributed by atoms with Gasteiger partial charge in [0.05, 0.1) is 16.4 Å². The van der Waals surface area contributed by atoms with Crippen LogP contribution in [0.5, 0.6) is 0 Å². The summed E-state index contributed by atoms with van der Waals surface area (Å²) in [5.41, 5.74) is 1.87. The Balaban J connectivity index is 1.33. The van der Waals surface area contributed by atoms with E-state index in [1.165, 1.54) is 12.5 Å². The number of carbonyl (C=O) groups is 1. The molecule has 0 bridgehead atoms. The standard InChI is InChI=1S/C27H32N4O4S/c1-35-20-9-14-31(15-10-20)25-22(16-19(17-29-25)18-4-2-5-18)27(11-12-27)26(32)30-36(33,34)24-7-3-6-23-21(24)8-13-28-23/h3,6-8,13,16-18,20,28H,2,4-5,9-12,14-15H2,1H3,(H,30,32). The number of aromatic nitrogens is 2. The first-order valence-corrected chi connectivity index (χ1v) is 14.3. The average Bonchev–Trinajstić information content (AvgIpc) is 3.52. The summed E-state index contributed by atoms with van der Waals surface area (Å²) in [6.07, 6.45) is 10.4. The van der Waals surface area contributed by atoms with Crippen LogP contribution in [0.4, 0.5) is 5.82 Å². The molecule has 9 heteroatoms. The van der Waals surface area contributed by atoms with Gasteiger partial charge in [0.15, 0.2) is 0 Å². The molecule has 2 aliphatic carbocycles. The lowest BCUT2D eigenvalue weighted by molar-refractivity contribution is -0.121. The van der Waals surface area contributed by atoms with E-state index < -0.39 is 21.3 Å². The Bertz CT molecular complexity index is 1400. The number of ether oxygens (including phenoxy) is 1. The Kier molecular flexibility index (Phi) is 5.80. The SMILES string of the molecule is COC1CCN(c2ncc(C3CCC3)cc2C2(C(=O)NS(=O)(=O)c3cccc4[nH]ccc34)CC2)CC1. The largest absolute Gasteiger partial charge is 0.381 e. The molecule has 1 amide bonds. The molecular formula is C27H32N4O4S. The number of benzene rings is 1. The summed E-state index contributed by atoms with van der Waals surface area (Å²) in [5.74, 6) is 0.819. The van der Waals surface area contributed by atoms with Crippen LogP contribution in [0.1, 0.15) is 62.0 Å². The van der Waals surface area contributed by atoms with Crippen LogP contribution in [-0.4, -0.2) is 50.6 Å². The molecule has 0 atom stereocenters. The predicted molar refractivity (Wildman–Crippen MR) is 138 cm³/mol. The van der Waals surface area contributed by atoms with E-state index in [4.69, 9.17) is 9.72 Å². The number of nitrogens with zero attached hydrogens (tertiary/aromatic N) is 2. The number of fused-ring (bicyclic) bond motifs is 1. The fourth-order valence-corrected chi connectivity index (χ4v) is 6.93. The maximum atomic E-state index is 13.7. The number of carbonyl (C=O) groups excluding carboxylic acids is 1. The number of piperidine rings is 1. The molecule has 6 rings (SSSR count). The smallest absolute Gasteiger partial charge is 0.264 e. The first-order valence-electron chi connectivity index (χ1n) is 12.8. The number of aromatic amines is 1. The quantitative estimate of drug-likeness (QED) is 0.500. The molecule has 2 saturated carbocycles. The van der Waals surface area contributed by atoms with Gasteiger partial charge in [-0.1, -0.05) is 12.5 Å². The van der Waals surface area contributed by atoms with Gasteiger partial charge in [-0.05, 0) is 74.3 Å². The molecule has 3 heterocycles. The van der Waals surface area contributed by atoms with Crippen molar-refractivity contribution in [3.05, 3.63) is 53.9 Å². The number of hydrogen-bond acceptors (Lipinski definition) is 6. The molecule has 0 radical (unpaired) electrons. The second-order valence-electron chi connectivity index (χ2n) is 10.4. The van der Waals surface area contributed by atoms with E-state index >= 15 is 0 Å². The minimum absolute atomic E-state index is 0.105. The number of anilines is 1. The summed E-state index contributed by atoms with van der Waals surface area (Å²) in [6.45, 7) is 1.60. The summed E-state index contributed by atoms with van der Waals surface area (Å²) in [7, 11) is -2.30. The molecule has 3 aromatic rings. The maximum Gasteiger partial charge on any atom is 0.264 e. The Morgan fingerprint density at radius 2 is 1.94 bits per heavy atom. The zero-order valence-corrected chi connectivity index (χ0v) is 21.3. The van der Waals surface area contributed by atoms with Gasteiger partial charge in [0.2, 0.25) is 5.91 Å². The van der Waals surface area contributed by atoms with Crippen LogP contribution in [-0.2, 0) is 25.0 Å². The first-order chi connectivity index (χ1) is 17.4. The average molecular weight is 509 g/mol. The third kappa shape index (κ3) is 3.98. The fourth-order valence-electron chi connectivity index (χ4n) is 5.66. The number of hydrogen-bond donors (Lipinski definition) is 2. The Morgan fingerprint density at radius 1 is 1.17 bits per heavy atom. The molecule has 0 unspecified atom stereocenters. The third-order valence-electron chi connectivity index (χ3n) is 8.31. The Labute approximate surface area is 211 Å². The van der Waals surface area contributed by atoms with Gasteiger partial charge >= 0.3 is 0 Å². The lowest BCUT2D eigenvalue weighted by Gasteiger charge is -2.35. The van der Waals surface area contributed by atoms with E-state index in [0.29, 0.717) is 29.7 Å². The van der Waals surface area contributed by atoms with Crippen molar-refractivity contribution in [3.63, 3.8) is 0 Å². The number of amides is 1.